The highest BCUT2D eigenvalue weighted by molar-refractivity contribution is 5.35. The largest absolute Gasteiger partial charge is 0.330 e. The number of halogens is 2. The van der Waals surface area contributed by atoms with Crippen LogP contribution in [0.2, 0.25) is 0 Å². The summed E-state index contributed by atoms with van der Waals surface area (Å²) in [6.07, 6.45) is 4.98. The van der Waals surface area contributed by atoms with Crippen molar-refractivity contribution in [3.8, 4) is 0 Å². The number of benzene rings is 1. The van der Waals surface area contributed by atoms with E-state index in [9.17, 15) is 8.78 Å². The smallest absolute Gasteiger partial charge is 0.162 e. The van der Waals surface area contributed by atoms with Gasteiger partial charge in [0.1, 0.15) is 0 Å². The van der Waals surface area contributed by atoms with Gasteiger partial charge in [0.05, 0.1) is 0 Å². The molecule has 1 aromatic carbocycles. The highest BCUT2D eigenvalue weighted by Crippen LogP contribution is 2.41. The highest BCUT2D eigenvalue weighted by Gasteiger charge is 2.36. The zero-order valence-electron chi connectivity index (χ0n) is 11.8. The van der Waals surface area contributed by atoms with E-state index >= 15 is 0 Å². The van der Waals surface area contributed by atoms with Crippen LogP contribution in [0.25, 0.3) is 0 Å². The van der Waals surface area contributed by atoms with Crippen LogP contribution < -0.4 is 5.73 Å². The fourth-order valence-electron chi connectivity index (χ4n) is 3.14. The van der Waals surface area contributed by atoms with Gasteiger partial charge < -0.3 is 5.73 Å². The van der Waals surface area contributed by atoms with Gasteiger partial charge in [0.15, 0.2) is 11.6 Å². The molecule has 0 heterocycles. The van der Waals surface area contributed by atoms with Crippen LogP contribution in [0.1, 0.15) is 63.0 Å². The van der Waals surface area contributed by atoms with Crippen molar-refractivity contribution in [2.24, 2.45) is 5.73 Å². The fraction of sp³-hybridized carbons (Fsp3) is 0.625. The molecule has 0 bridgehead atoms. The second kappa shape index (κ2) is 5.58. The fourth-order valence-corrected chi connectivity index (χ4v) is 3.14. The first kappa shape index (κ1) is 14.4. The molecule has 1 nitrogen and oxygen atoms in total. The Morgan fingerprint density at radius 2 is 1.79 bits per heavy atom. The van der Waals surface area contributed by atoms with Crippen molar-refractivity contribution < 1.29 is 8.78 Å². The third kappa shape index (κ3) is 2.66. The van der Waals surface area contributed by atoms with Crippen molar-refractivity contribution in [2.75, 3.05) is 6.54 Å². The van der Waals surface area contributed by atoms with Crippen molar-refractivity contribution in [1.29, 1.82) is 0 Å². The molecule has 0 aliphatic heterocycles. The van der Waals surface area contributed by atoms with Crippen LogP contribution >= 0.6 is 0 Å². The van der Waals surface area contributed by atoms with Gasteiger partial charge in [-0.25, -0.2) is 8.78 Å². The monoisotopic (exact) mass is 267 g/mol. The zero-order valence-corrected chi connectivity index (χ0v) is 11.8. The summed E-state index contributed by atoms with van der Waals surface area (Å²) in [5.41, 5.74) is 6.91. The molecule has 0 unspecified atom stereocenters. The van der Waals surface area contributed by atoms with E-state index in [1.165, 1.54) is 6.07 Å². The number of hydrogen-bond acceptors (Lipinski definition) is 1. The number of rotatable bonds is 3. The molecule has 0 spiro atoms. The Morgan fingerprint density at radius 3 is 2.32 bits per heavy atom. The van der Waals surface area contributed by atoms with E-state index in [2.05, 4.69) is 0 Å². The number of hydrogen-bond donors (Lipinski definition) is 1. The summed E-state index contributed by atoms with van der Waals surface area (Å²) in [6, 6.07) is 3.15. The minimum atomic E-state index is -0.736. The van der Waals surface area contributed by atoms with Crippen molar-refractivity contribution in [3.05, 3.63) is 34.9 Å². The minimum absolute atomic E-state index is 0.187. The van der Waals surface area contributed by atoms with E-state index in [0.29, 0.717) is 12.1 Å². The van der Waals surface area contributed by atoms with Crippen LogP contribution in [0.5, 0.6) is 0 Å². The normalized spacial score (nSPS) is 18.8. The lowest BCUT2D eigenvalue weighted by Gasteiger charge is -2.37. The maximum Gasteiger partial charge on any atom is 0.162 e. The Bertz CT molecular complexity index is 448. The molecule has 0 saturated heterocycles. The molecule has 0 amide bonds. The average Bonchev–Trinajstić information content (AvgIpc) is 2.42. The Kier molecular flexibility index (Phi) is 4.24. The molecule has 0 aromatic heterocycles. The van der Waals surface area contributed by atoms with E-state index in [1.807, 2.05) is 19.9 Å². The second-order valence-electron chi connectivity index (χ2n) is 6.06. The van der Waals surface area contributed by atoms with Crippen molar-refractivity contribution in [1.82, 2.24) is 0 Å². The van der Waals surface area contributed by atoms with E-state index in [4.69, 9.17) is 5.73 Å². The summed E-state index contributed by atoms with van der Waals surface area (Å²) < 4.78 is 28.1. The lowest BCUT2D eigenvalue weighted by Crippen LogP contribution is -2.38. The Morgan fingerprint density at radius 1 is 1.16 bits per heavy atom. The van der Waals surface area contributed by atoms with Gasteiger partial charge in [0, 0.05) is 12.0 Å². The van der Waals surface area contributed by atoms with E-state index < -0.39 is 11.6 Å². The molecule has 3 heteroatoms. The quantitative estimate of drug-likeness (QED) is 0.870. The van der Waals surface area contributed by atoms with Gasteiger partial charge in [0.2, 0.25) is 0 Å². The maximum absolute atomic E-state index is 14.2. The first-order chi connectivity index (χ1) is 9.00. The van der Waals surface area contributed by atoms with E-state index in [1.54, 1.807) is 0 Å². The molecule has 1 aliphatic carbocycles. The first-order valence-electron chi connectivity index (χ1n) is 7.19. The Hall–Kier alpha value is -0.960. The second-order valence-corrected chi connectivity index (χ2v) is 6.06. The predicted molar refractivity (Wildman–Crippen MR) is 74.3 cm³/mol. The molecule has 1 saturated carbocycles. The summed E-state index contributed by atoms with van der Waals surface area (Å²) in [5, 5.41) is 0. The molecular weight excluding hydrogens is 244 g/mol. The van der Waals surface area contributed by atoms with Gasteiger partial charge in [-0.05, 0) is 36.0 Å². The van der Waals surface area contributed by atoms with Crippen LogP contribution in [0.15, 0.2) is 12.1 Å². The average molecular weight is 267 g/mol. The van der Waals surface area contributed by atoms with Crippen LogP contribution in [0.4, 0.5) is 8.78 Å². The minimum Gasteiger partial charge on any atom is -0.330 e. The van der Waals surface area contributed by atoms with Crippen LogP contribution in [-0.2, 0) is 5.41 Å². The maximum atomic E-state index is 14.2. The third-order valence-corrected chi connectivity index (χ3v) is 4.49. The Balaban J connectivity index is 2.52. The van der Waals surface area contributed by atoms with E-state index in [0.717, 1.165) is 37.7 Å². The van der Waals surface area contributed by atoms with Gasteiger partial charge in [-0.1, -0.05) is 39.2 Å². The molecule has 1 fully saturated rings. The van der Waals surface area contributed by atoms with Crippen molar-refractivity contribution in [3.63, 3.8) is 0 Å². The number of nitrogens with two attached hydrogens (primary N) is 1. The molecule has 2 rings (SSSR count). The lowest BCUT2D eigenvalue weighted by atomic mass is 9.68. The summed E-state index contributed by atoms with van der Waals surface area (Å²) in [7, 11) is 0. The van der Waals surface area contributed by atoms with Gasteiger partial charge >= 0.3 is 0 Å². The van der Waals surface area contributed by atoms with Crippen LogP contribution in [0, 0.1) is 11.6 Å². The summed E-state index contributed by atoms with van der Waals surface area (Å²) >= 11 is 0. The lowest BCUT2D eigenvalue weighted by molar-refractivity contribution is 0.287. The molecule has 0 atom stereocenters. The molecule has 19 heavy (non-hydrogen) atoms. The first-order valence-corrected chi connectivity index (χ1v) is 7.19. The van der Waals surface area contributed by atoms with Crippen LogP contribution in [0.3, 0.4) is 0 Å². The molecular formula is C16H23F2N. The van der Waals surface area contributed by atoms with Gasteiger partial charge in [-0.15, -0.1) is 0 Å². The van der Waals surface area contributed by atoms with Crippen LogP contribution in [-0.4, -0.2) is 6.54 Å². The molecule has 1 aromatic rings. The van der Waals surface area contributed by atoms with Gasteiger partial charge in [-0.3, -0.25) is 0 Å². The zero-order chi connectivity index (χ0) is 14.0. The Labute approximate surface area is 114 Å². The predicted octanol–water partition coefficient (Wildman–Crippen LogP) is 4.25. The SMILES string of the molecule is CC(C)c1cc(F)c(F)c(C2(CN)CCCCC2)c1. The summed E-state index contributed by atoms with van der Waals surface area (Å²) in [4.78, 5) is 0. The molecule has 106 valence electrons. The molecule has 0 radical (unpaired) electrons. The third-order valence-electron chi connectivity index (χ3n) is 4.49. The topological polar surface area (TPSA) is 26.0 Å². The van der Waals surface area contributed by atoms with Crippen molar-refractivity contribution in [2.45, 2.75) is 57.3 Å². The van der Waals surface area contributed by atoms with Crippen molar-refractivity contribution >= 4 is 0 Å². The summed E-state index contributed by atoms with van der Waals surface area (Å²) in [6.45, 7) is 4.38. The van der Waals surface area contributed by atoms with Gasteiger partial charge in [-0.2, -0.15) is 0 Å². The summed E-state index contributed by atoms with van der Waals surface area (Å²) in [5.74, 6) is -1.25. The molecule has 1 aliphatic rings. The highest BCUT2D eigenvalue weighted by atomic mass is 19.2. The standard InChI is InChI=1S/C16H23F2N/c1-11(2)12-8-13(15(18)14(17)9-12)16(10-19)6-4-3-5-7-16/h8-9,11H,3-7,10,19H2,1-2H3. The molecule has 2 N–H and O–H groups in total. The van der Waals surface area contributed by atoms with E-state index in [-0.39, 0.29) is 11.3 Å². The van der Waals surface area contributed by atoms with Gasteiger partial charge in [0.25, 0.3) is 0 Å².